The molecule has 8 aliphatic rings. The number of hydrogen-bond acceptors (Lipinski definition) is 0. The molecule has 8 rings (SSSR count). The van der Waals surface area contributed by atoms with E-state index < -0.39 is 254 Å². The average Bonchev–Trinajstić information content (AvgIpc) is 1.53. The smallest absolute Gasteiger partial charge is 0.247 e. The molecule has 8 aliphatic carbocycles. The zero-order chi connectivity index (χ0) is 89.3. The topological polar surface area (TPSA) is 0 Å². The monoisotopic (exact) mass is 1700 g/mol. The highest BCUT2D eigenvalue weighted by molar-refractivity contribution is 5.19. The number of hydrogen-bond donors (Lipinski definition) is 0. The summed E-state index contributed by atoms with van der Waals surface area (Å²) in [5.41, 5.74) is -4.52. The molecule has 0 spiro atoms. The minimum atomic E-state index is -5.36. The van der Waals surface area contributed by atoms with E-state index in [1.165, 1.54) is 48.5 Å². The van der Waals surface area contributed by atoms with Gasteiger partial charge in [-0.15, -0.1) is 0 Å². The second kappa shape index (κ2) is 37.9. The Morgan fingerprint density at radius 2 is 0.564 bits per heavy atom. The van der Waals surface area contributed by atoms with Crippen molar-refractivity contribution >= 4 is 0 Å². The summed E-state index contributed by atoms with van der Waals surface area (Å²) in [4.78, 5) is 0. The van der Waals surface area contributed by atoms with Crippen molar-refractivity contribution in [2.45, 2.75) is 297 Å². The van der Waals surface area contributed by atoms with Crippen LogP contribution >= 0.6 is 0 Å². The van der Waals surface area contributed by atoms with Crippen LogP contribution in [0.15, 0.2) is 0 Å². The van der Waals surface area contributed by atoms with E-state index in [1.807, 2.05) is 6.92 Å². The summed E-state index contributed by atoms with van der Waals surface area (Å²) in [5.74, 6) is -46.1. The molecule has 0 N–H and O–H groups in total. The summed E-state index contributed by atoms with van der Waals surface area (Å²) in [7, 11) is 0. The second-order valence-corrected chi connectivity index (χ2v) is 32.0. The van der Waals surface area contributed by atoms with Gasteiger partial charge in [-0.3, -0.25) is 0 Å². The first-order chi connectivity index (χ1) is 49.2. The van der Waals surface area contributed by atoms with E-state index in [4.69, 9.17) is 2.74 Å². The Balaban J connectivity index is 0.000000642. The molecule has 0 saturated heterocycles. The molecule has 0 aromatic carbocycles. The Kier molecular flexibility index (Phi) is 34.9. The fraction of sp³-hybridized carbons (Fsp3) is 1.00. The van der Waals surface area contributed by atoms with Gasteiger partial charge < -0.3 is 0 Å². The average molecular weight is 1700 g/mol. The van der Waals surface area contributed by atoms with Crippen LogP contribution in [0.3, 0.4) is 0 Å². The maximum atomic E-state index is 12.9. The molecule has 0 radical (unpaired) electrons. The molecule has 0 amide bonds. The summed E-state index contributed by atoms with van der Waals surface area (Å²) in [6, 6.07) is 0. The minimum absolute atomic E-state index is 0.119. The Morgan fingerprint density at radius 3 is 0.782 bits per heavy atom. The van der Waals surface area contributed by atoms with Crippen LogP contribution in [0, 0.1) is 142 Å². The third kappa shape index (κ3) is 27.4. The fourth-order valence-electron chi connectivity index (χ4n) is 16.4. The van der Waals surface area contributed by atoms with E-state index in [1.54, 1.807) is 13.8 Å². The van der Waals surface area contributed by atoms with E-state index in [0.29, 0.717) is 12.8 Å². The number of halogens is 40. The van der Waals surface area contributed by atoms with E-state index in [-0.39, 0.29) is 63.7 Å². The lowest BCUT2D eigenvalue weighted by Gasteiger charge is -2.40. The first kappa shape index (κ1) is 101. The molecule has 8 saturated carbocycles. The zero-order valence-corrected chi connectivity index (χ0v) is 62.5. The molecular weight excluding hydrogens is 1600 g/mol. The number of alkyl halides is 40. The highest BCUT2D eigenvalue weighted by atomic mass is 19.5. The molecule has 0 bridgehead atoms. The Morgan fingerprint density at radius 1 is 0.273 bits per heavy atom. The van der Waals surface area contributed by atoms with Crippen LogP contribution in [0.5, 0.6) is 0 Å². The third-order valence-corrected chi connectivity index (χ3v) is 23.8. The second-order valence-electron chi connectivity index (χ2n) is 32.0. The Hall–Kier alpha value is -2.80. The van der Waals surface area contributed by atoms with Gasteiger partial charge in [0.05, 0.1) is 65.1 Å². The molecule has 24 atom stereocenters. The molecule has 40 heteroatoms. The molecule has 0 aromatic heterocycles. The van der Waals surface area contributed by atoms with Crippen LogP contribution in [0.1, 0.15) is 196 Å². The van der Waals surface area contributed by atoms with E-state index in [9.17, 15) is 176 Å². The molecular formula is C70H100F40. The highest BCUT2D eigenvalue weighted by Crippen LogP contribution is 2.65. The third-order valence-electron chi connectivity index (χ3n) is 23.8. The van der Waals surface area contributed by atoms with Crippen molar-refractivity contribution in [1.29, 1.82) is 0 Å². The van der Waals surface area contributed by atoms with Gasteiger partial charge in [0, 0.05) is 14.6 Å². The largest absolute Gasteiger partial charge is 0.392 e. The summed E-state index contributed by atoms with van der Waals surface area (Å²) < 4.78 is 516. The van der Waals surface area contributed by atoms with Gasteiger partial charge in [0.15, 0.2) is 0 Å². The summed E-state index contributed by atoms with van der Waals surface area (Å²) in [6.45, 7) is 18.3. The molecule has 0 heterocycles. The molecule has 660 valence electrons. The van der Waals surface area contributed by atoms with Crippen molar-refractivity contribution in [1.82, 2.24) is 0 Å². The van der Waals surface area contributed by atoms with Gasteiger partial charge in [0.1, 0.15) is 18.5 Å². The van der Waals surface area contributed by atoms with Crippen molar-refractivity contribution in [3.63, 3.8) is 0 Å². The first-order valence-electron chi connectivity index (χ1n) is 36.6. The van der Waals surface area contributed by atoms with Crippen molar-refractivity contribution in [3.8, 4) is 0 Å². The van der Waals surface area contributed by atoms with Gasteiger partial charge in [0.25, 0.3) is 5.92 Å². The predicted molar refractivity (Wildman–Crippen MR) is 327 cm³/mol. The molecule has 0 aliphatic heterocycles. The number of rotatable bonds is 0. The quantitative estimate of drug-likeness (QED) is 0.212. The van der Waals surface area contributed by atoms with Gasteiger partial charge in [-0.25, -0.2) is 26.3 Å². The summed E-state index contributed by atoms with van der Waals surface area (Å²) in [6.07, 6.45) is -49.3. The molecule has 19 unspecified atom stereocenters. The minimum Gasteiger partial charge on any atom is -0.247 e. The maximum Gasteiger partial charge on any atom is 0.392 e. The molecule has 110 heavy (non-hydrogen) atoms. The van der Waals surface area contributed by atoms with E-state index in [0.717, 1.165) is 40.0 Å². The maximum absolute atomic E-state index is 12.9. The van der Waals surface area contributed by atoms with Gasteiger partial charge in [-0.2, -0.15) is 149 Å². The van der Waals surface area contributed by atoms with Crippen molar-refractivity contribution in [3.05, 3.63) is 0 Å². The Labute approximate surface area is 616 Å². The predicted octanol–water partition coefficient (Wildman–Crippen LogP) is 29.8. The molecule has 8 fully saturated rings. The molecule has 0 nitrogen and oxygen atoms in total. The standard InChI is InChI=1S/2C10H14F6.2C9H12F6.2C9H15F3.C7H7F7.C7H11F3/c1-5-3-7(9(11,12)13)6(2)8(4-5)10(14,15)16;1-4-5(2)8(10(14,15)16)6(3)7(4)9(11,12)13;2*1-5-2-6(8(10,11)12)4-7(3-5)9(13,14)15;2*1-6-4-3-5-8(7(6)2)9(10,11)12;1-3-5(9,10)4(2,8)7(13,14)6(3,11)12;1-3-5(8)4(2)7(10)6(3)9/h5-8H,3-4H2,1-2H3;4-8H,1-3H3;2*5-7H,2-4H2,1H3;2*6-8H,3-5H2,1-2H3;3H,1-2H3;3-7H,1-2H3/t;4-,5?,6?,7?,8?;;;2*6?,7-,8?;3-,4?;3-,4?,5?,6?,7?/m.1..1100/s1/i;;5D;;7D;;;. The van der Waals surface area contributed by atoms with Crippen molar-refractivity contribution < 1.29 is 178 Å². The van der Waals surface area contributed by atoms with Crippen LogP contribution in [0.4, 0.5) is 176 Å². The lowest BCUT2D eigenvalue weighted by Crippen LogP contribution is -2.52. The van der Waals surface area contributed by atoms with Crippen molar-refractivity contribution in [2.75, 3.05) is 0 Å². The van der Waals surface area contributed by atoms with Crippen LogP contribution in [0.2, 0.25) is 0 Å². The van der Waals surface area contributed by atoms with Crippen LogP contribution in [-0.4, -0.2) is 104 Å². The van der Waals surface area contributed by atoms with Gasteiger partial charge >= 0.3 is 73.6 Å². The van der Waals surface area contributed by atoms with Crippen molar-refractivity contribution in [2.24, 2.45) is 142 Å². The van der Waals surface area contributed by atoms with Gasteiger partial charge in [-0.05, 0) is 136 Å². The van der Waals surface area contributed by atoms with Crippen LogP contribution in [0.25, 0.3) is 0 Å². The SMILES string of the molecule is CC1C(C(F)(F)F)C(C)[C@@H](C)C1C(F)(F)F.CC1C(F)C(F)[C@@H](C)C1F.CC1CC(C(F)(F)F)C(C)C(C(F)(F)F)C1.CC1CC(C(F)(F)F)CC(C(F)(F)F)C1.CC1CCCC(C(F)(F)F)[C@@H]1C.C[C@H]1C(F)(F)C(C)(F)C(F)(F)C1(F)F.[2H]C1(C)CC(C(F)(F)F)CC(C(F)(F)F)C1.[2H][C@@]1(C)C(C)CCCC1C(F)(F)F. The van der Waals surface area contributed by atoms with Gasteiger partial charge in [-0.1, -0.05) is 123 Å². The first-order valence-corrected chi connectivity index (χ1v) is 35.6. The summed E-state index contributed by atoms with van der Waals surface area (Å²) in [5, 5.41) is 0. The van der Waals surface area contributed by atoms with Crippen LogP contribution in [-0.2, 0) is 0 Å². The van der Waals surface area contributed by atoms with Gasteiger partial charge in [0.2, 0.25) is 5.67 Å². The molecule has 0 aromatic rings. The highest BCUT2D eigenvalue weighted by Gasteiger charge is 2.88. The van der Waals surface area contributed by atoms with E-state index >= 15 is 0 Å². The fourth-order valence-corrected chi connectivity index (χ4v) is 16.4. The summed E-state index contributed by atoms with van der Waals surface area (Å²) >= 11 is 0. The Bertz CT molecular complexity index is 2620. The lowest BCUT2D eigenvalue weighted by atomic mass is 9.68. The van der Waals surface area contributed by atoms with E-state index in [2.05, 4.69) is 0 Å². The lowest BCUT2D eigenvalue weighted by molar-refractivity contribution is -0.248. The van der Waals surface area contributed by atoms with Crippen LogP contribution < -0.4 is 0 Å². The zero-order valence-electron chi connectivity index (χ0n) is 64.5. The normalized spacial score (nSPS) is 41.4.